The minimum Gasteiger partial charge on any atom is -0.397 e. The van der Waals surface area contributed by atoms with E-state index in [2.05, 4.69) is 17.6 Å². The predicted molar refractivity (Wildman–Crippen MR) is 87.7 cm³/mol. The molecule has 0 spiro atoms. The molecule has 0 saturated carbocycles. The first-order chi connectivity index (χ1) is 10.2. The minimum absolute atomic E-state index is 0.0801. The van der Waals surface area contributed by atoms with Gasteiger partial charge in [0.2, 0.25) is 0 Å². The Morgan fingerprint density at radius 3 is 2.71 bits per heavy atom. The molecule has 5 nitrogen and oxygen atoms in total. The number of ether oxygens (including phenoxy) is 1. The molecule has 0 aromatic heterocycles. The lowest BCUT2D eigenvalue weighted by molar-refractivity contribution is 0.0956. The summed E-state index contributed by atoms with van der Waals surface area (Å²) in [5, 5.41) is 6.03. The molecule has 0 radical (unpaired) electrons. The van der Waals surface area contributed by atoms with Gasteiger partial charge in [-0.1, -0.05) is 13.3 Å². The van der Waals surface area contributed by atoms with Crippen molar-refractivity contribution in [3.63, 3.8) is 0 Å². The van der Waals surface area contributed by atoms with E-state index >= 15 is 0 Å². The minimum atomic E-state index is -0.0801. The fraction of sp³-hybridized carbons (Fsp3) is 0.562. The smallest absolute Gasteiger partial charge is 0.251 e. The van der Waals surface area contributed by atoms with Crippen LogP contribution in [0.4, 0.5) is 11.4 Å². The van der Waals surface area contributed by atoms with Crippen LogP contribution >= 0.6 is 0 Å². The Balaban J connectivity index is 2.40. The Morgan fingerprint density at radius 2 is 2.00 bits per heavy atom. The molecule has 0 bridgehead atoms. The maximum absolute atomic E-state index is 11.8. The number of nitrogens with two attached hydrogens (primary N) is 1. The van der Waals surface area contributed by atoms with Crippen LogP contribution in [0.2, 0.25) is 0 Å². The topological polar surface area (TPSA) is 76.4 Å². The molecule has 0 fully saturated rings. The highest BCUT2D eigenvalue weighted by Crippen LogP contribution is 2.20. The number of nitrogens with one attached hydrogen (secondary N) is 2. The number of carbonyl (C=O) groups excluding carboxylic acids is 1. The van der Waals surface area contributed by atoms with E-state index < -0.39 is 0 Å². The summed E-state index contributed by atoms with van der Waals surface area (Å²) in [6, 6.07) is 5.28. The lowest BCUT2D eigenvalue weighted by Gasteiger charge is -2.11. The molecule has 1 rings (SSSR count). The van der Waals surface area contributed by atoms with Crippen molar-refractivity contribution in [2.24, 2.45) is 0 Å². The first-order valence-corrected chi connectivity index (χ1v) is 7.68. The number of nitrogen functional groups attached to an aromatic ring is 1. The summed E-state index contributed by atoms with van der Waals surface area (Å²) in [6.45, 7) is 6.99. The van der Waals surface area contributed by atoms with Gasteiger partial charge in [0.25, 0.3) is 5.91 Å². The molecule has 0 aliphatic carbocycles. The molecule has 118 valence electrons. The van der Waals surface area contributed by atoms with Crippen molar-refractivity contribution >= 4 is 17.3 Å². The lowest BCUT2D eigenvalue weighted by Crippen LogP contribution is -2.22. The van der Waals surface area contributed by atoms with Gasteiger partial charge in [0.15, 0.2) is 0 Å². The molecular weight excluding hydrogens is 266 g/mol. The number of rotatable bonds is 10. The zero-order valence-corrected chi connectivity index (χ0v) is 13.1. The summed E-state index contributed by atoms with van der Waals surface area (Å²) < 4.78 is 5.50. The number of carbonyl (C=O) groups is 1. The highest BCUT2D eigenvalue weighted by atomic mass is 16.5. The zero-order chi connectivity index (χ0) is 15.5. The van der Waals surface area contributed by atoms with E-state index in [1.807, 2.05) is 6.92 Å². The van der Waals surface area contributed by atoms with Crippen LogP contribution in [-0.4, -0.2) is 32.2 Å². The molecule has 0 atom stereocenters. The molecule has 0 aliphatic heterocycles. The summed E-state index contributed by atoms with van der Waals surface area (Å²) in [5.41, 5.74) is 7.98. The summed E-state index contributed by atoms with van der Waals surface area (Å²) in [7, 11) is 0. The van der Waals surface area contributed by atoms with Gasteiger partial charge in [0.05, 0.1) is 11.4 Å². The Kier molecular flexibility index (Phi) is 8.28. The number of unbranched alkanes of at least 4 members (excludes halogenated alkanes) is 1. The SMILES string of the molecule is CCCCOCCCNc1cc(C(=O)NCC)ccc1N. The van der Waals surface area contributed by atoms with Gasteiger partial charge in [-0.3, -0.25) is 4.79 Å². The average Bonchev–Trinajstić information content (AvgIpc) is 2.48. The fourth-order valence-electron chi connectivity index (χ4n) is 1.86. The fourth-order valence-corrected chi connectivity index (χ4v) is 1.86. The van der Waals surface area contributed by atoms with E-state index in [0.717, 1.165) is 44.7 Å². The van der Waals surface area contributed by atoms with Crippen LogP contribution in [0.3, 0.4) is 0 Å². The van der Waals surface area contributed by atoms with E-state index in [0.29, 0.717) is 17.8 Å². The zero-order valence-electron chi connectivity index (χ0n) is 13.1. The van der Waals surface area contributed by atoms with E-state index in [1.54, 1.807) is 18.2 Å². The van der Waals surface area contributed by atoms with Gasteiger partial charge >= 0.3 is 0 Å². The van der Waals surface area contributed by atoms with Crippen molar-refractivity contribution in [3.05, 3.63) is 23.8 Å². The number of amides is 1. The highest BCUT2D eigenvalue weighted by molar-refractivity contribution is 5.96. The summed E-state index contributed by atoms with van der Waals surface area (Å²) in [6.07, 6.45) is 3.17. The molecule has 0 aliphatic rings. The average molecular weight is 293 g/mol. The Labute approximate surface area is 127 Å². The third kappa shape index (κ3) is 6.49. The third-order valence-electron chi connectivity index (χ3n) is 3.08. The number of benzene rings is 1. The van der Waals surface area contributed by atoms with Gasteiger partial charge in [-0.25, -0.2) is 0 Å². The summed E-state index contributed by atoms with van der Waals surface area (Å²) in [5.74, 6) is -0.0801. The maximum atomic E-state index is 11.8. The quantitative estimate of drug-likeness (QED) is 0.458. The molecule has 1 aromatic rings. The molecule has 1 amide bonds. The van der Waals surface area contributed by atoms with Gasteiger partial charge in [-0.05, 0) is 38.0 Å². The van der Waals surface area contributed by atoms with Crippen molar-refractivity contribution in [2.45, 2.75) is 33.1 Å². The number of hydrogen-bond donors (Lipinski definition) is 3. The van der Waals surface area contributed by atoms with Crippen LogP contribution in [0, 0.1) is 0 Å². The van der Waals surface area contributed by atoms with Crippen molar-refractivity contribution < 1.29 is 9.53 Å². The van der Waals surface area contributed by atoms with E-state index in [1.165, 1.54) is 0 Å². The molecule has 5 heteroatoms. The molecular formula is C16H27N3O2. The summed E-state index contributed by atoms with van der Waals surface area (Å²) >= 11 is 0. The van der Waals surface area contributed by atoms with Crippen LogP contribution in [0.15, 0.2) is 18.2 Å². The van der Waals surface area contributed by atoms with Crippen LogP contribution < -0.4 is 16.4 Å². The molecule has 21 heavy (non-hydrogen) atoms. The number of anilines is 2. The normalized spacial score (nSPS) is 10.4. The van der Waals surface area contributed by atoms with Gasteiger partial charge in [-0.15, -0.1) is 0 Å². The van der Waals surface area contributed by atoms with E-state index in [4.69, 9.17) is 10.5 Å². The van der Waals surface area contributed by atoms with Crippen LogP contribution in [0.5, 0.6) is 0 Å². The van der Waals surface area contributed by atoms with Gasteiger partial charge in [-0.2, -0.15) is 0 Å². The largest absolute Gasteiger partial charge is 0.397 e. The molecule has 0 saturated heterocycles. The lowest BCUT2D eigenvalue weighted by atomic mass is 10.1. The predicted octanol–water partition coefficient (Wildman–Crippen LogP) is 2.64. The molecule has 4 N–H and O–H groups in total. The molecule has 1 aromatic carbocycles. The third-order valence-corrected chi connectivity index (χ3v) is 3.08. The van der Waals surface area contributed by atoms with Crippen LogP contribution in [0.25, 0.3) is 0 Å². The van der Waals surface area contributed by atoms with Crippen molar-refractivity contribution in [1.82, 2.24) is 5.32 Å². The monoisotopic (exact) mass is 293 g/mol. The standard InChI is InChI=1S/C16H27N3O2/c1-3-5-10-21-11-6-9-19-15-12-13(7-8-14(15)17)16(20)18-4-2/h7-8,12,19H,3-6,9-11,17H2,1-2H3,(H,18,20). The molecule has 0 unspecified atom stereocenters. The maximum Gasteiger partial charge on any atom is 0.251 e. The highest BCUT2D eigenvalue weighted by Gasteiger charge is 2.07. The van der Waals surface area contributed by atoms with Crippen molar-refractivity contribution in [1.29, 1.82) is 0 Å². The first-order valence-electron chi connectivity index (χ1n) is 7.68. The Hall–Kier alpha value is -1.75. The second-order valence-electron chi connectivity index (χ2n) is 4.91. The second kappa shape index (κ2) is 10.0. The van der Waals surface area contributed by atoms with Crippen LogP contribution in [-0.2, 0) is 4.74 Å². The van der Waals surface area contributed by atoms with E-state index in [-0.39, 0.29) is 5.91 Å². The summed E-state index contributed by atoms with van der Waals surface area (Å²) in [4.78, 5) is 11.8. The van der Waals surface area contributed by atoms with E-state index in [9.17, 15) is 4.79 Å². The Morgan fingerprint density at radius 1 is 1.24 bits per heavy atom. The van der Waals surface area contributed by atoms with Crippen molar-refractivity contribution in [3.8, 4) is 0 Å². The van der Waals surface area contributed by atoms with Gasteiger partial charge < -0.3 is 21.1 Å². The Bertz CT molecular complexity index is 436. The number of hydrogen-bond acceptors (Lipinski definition) is 4. The van der Waals surface area contributed by atoms with Crippen LogP contribution in [0.1, 0.15) is 43.5 Å². The van der Waals surface area contributed by atoms with Gasteiger partial charge in [0, 0.05) is 31.9 Å². The molecule has 0 heterocycles. The van der Waals surface area contributed by atoms with Crippen molar-refractivity contribution in [2.75, 3.05) is 37.4 Å². The first kappa shape index (κ1) is 17.3. The van der Waals surface area contributed by atoms with Gasteiger partial charge in [0.1, 0.15) is 0 Å². The second-order valence-corrected chi connectivity index (χ2v) is 4.91.